The molecule has 2 aromatic carbocycles. The first-order chi connectivity index (χ1) is 15.0. The molecule has 0 unspecified atom stereocenters. The molecular formula is C22H26N4O5. The Hall–Kier alpha value is -3.88. The highest BCUT2D eigenvalue weighted by molar-refractivity contribution is 6.35. The van der Waals surface area contributed by atoms with Gasteiger partial charge in [0.1, 0.15) is 11.5 Å². The van der Waals surface area contributed by atoms with E-state index in [0.717, 1.165) is 12.8 Å². The smallest absolute Gasteiger partial charge is 0.329 e. The zero-order chi connectivity index (χ0) is 22.5. The van der Waals surface area contributed by atoms with Crippen LogP contribution >= 0.6 is 0 Å². The van der Waals surface area contributed by atoms with E-state index in [1.165, 1.54) is 6.21 Å². The van der Waals surface area contributed by atoms with Crippen molar-refractivity contribution in [1.29, 1.82) is 0 Å². The topological polar surface area (TPSA) is 118 Å². The second kappa shape index (κ2) is 12.6. The van der Waals surface area contributed by atoms with E-state index in [0.29, 0.717) is 29.3 Å². The van der Waals surface area contributed by atoms with Gasteiger partial charge in [0.2, 0.25) is 0 Å². The van der Waals surface area contributed by atoms with Gasteiger partial charge in [-0.25, -0.2) is 5.43 Å². The Morgan fingerprint density at radius 2 is 1.81 bits per heavy atom. The highest BCUT2D eigenvalue weighted by Crippen LogP contribution is 2.15. The molecule has 0 atom stereocenters. The third-order valence-corrected chi connectivity index (χ3v) is 4.00. The van der Waals surface area contributed by atoms with Crippen LogP contribution in [0.3, 0.4) is 0 Å². The van der Waals surface area contributed by atoms with E-state index in [-0.39, 0.29) is 12.5 Å². The number of unbranched alkanes of at least 4 members (excludes halogenated alkanes) is 1. The normalized spacial score (nSPS) is 10.4. The summed E-state index contributed by atoms with van der Waals surface area (Å²) in [5.41, 5.74) is 3.42. The number of hydrazone groups is 1. The highest BCUT2D eigenvalue weighted by Gasteiger charge is 2.11. The predicted molar refractivity (Wildman–Crippen MR) is 117 cm³/mol. The summed E-state index contributed by atoms with van der Waals surface area (Å²) in [7, 11) is 1.57. The number of carbonyl (C=O) groups is 3. The van der Waals surface area contributed by atoms with Crippen LogP contribution in [0.2, 0.25) is 0 Å². The number of amides is 3. The van der Waals surface area contributed by atoms with E-state index in [1.807, 2.05) is 6.92 Å². The molecule has 2 aromatic rings. The molecule has 9 heteroatoms. The molecule has 3 N–H and O–H groups in total. The molecule has 0 bridgehead atoms. The van der Waals surface area contributed by atoms with E-state index in [9.17, 15) is 14.4 Å². The van der Waals surface area contributed by atoms with E-state index in [2.05, 4.69) is 21.2 Å². The highest BCUT2D eigenvalue weighted by atomic mass is 16.5. The SMILES string of the molecule is CCCCNC(=O)C(=O)N/N=C\c1cccc(OCC(=O)Nc2ccc(OC)cc2)c1. The van der Waals surface area contributed by atoms with Gasteiger partial charge in [-0.15, -0.1) is 0 Å². The fraction of sp³-hybridized carbons (Fsp3) is 0.273. The van der Waals surface area contributed by atoms with Gasteiger partial charge in [0, 0.05) is 12.2 Å². The van der Waals surface area contributed by atoms with Gasteiger partial charge in [0.25, 0.3) is 5.91 Å². The van der Waals surface area contributed by atoms with Crippen LogP contribution < -0.4 is 25.5 Å². The second-order valence-electron chi connectivity index (χ2n) is 6.45. The minimum atomic E-state index is -0.838. The summed E-state index contributed by atoms with van der Waals surface area (Å²) in [4.78, 5) is 35.3. The average Bonchev–Trinajstić information content (AvgIpc) is 2.78. The van der Waals surface area contributed by atoms with E-state index in [1.54, 1.807) is 55.6 Å². The van der Waals surface area contributed by atoms with Crippen LogP contribution in [0.4, 0.5) is 5.69 Å². The fourth-order valence-corrected chi connectivity index (χ4v) is 2.38. The summed E-state index contributed by atoms with van der Waals surface area (Å²) in [6.07, 6.45) is 3.09. The molecule has 0 aromatic heterocycles. The van der Waals surface area contributed by atoms with Crippen molar-refractivity contribution in [3.05, 3.63) is 54.1 Å². The van der Waals surface area contributed by atoms with Crippen molar-refractivity contribution in [2.24, 2.45) is 5.10 Å². The number of hydrogen-bond donors (Lipinski definition) is 3. The minimum Gasteiger partial charge on any atom is -0.497 e. The monoisotopic (exact) mass is 426 g/mol. The Bertz CT molecular complexity index is 912. The van der Waals surface area contributed by atoms with Crippen LogP contribution in [0.5, 0.6) is 11.5 Å². The maximum absolute atomic E-state index is 12.1. The molecular weight excluding hydrogens is 400 g/mol. The first-order valence-electron chi connectivity index (χ1n) is 9.79. The second-order valence-corrected chi connectivity index (χ2v) is 6.45. The number of nitrogens with zero attached hydrogens (tertiary/aromatic N) is 1. The van der Waals surface area contributed by atoms with Crippen molar-refractivity contribution >= 4 is 29.6 Å². The molecule has 0 fully saturated rings. The number of hydrogen-bond acceptors (Lipinski definition) is 6. The summed E-state index contributed by atoms with van der Waals surface area (Å²) in [5, 5.41) is 8.99. The molecule has 31 heavy (non-hydrogen) atoms. The number of methoxy groups -OCH3 is 1. The summed E-state index contributed by atoms with van der Waals surface area (Å²) in [6.45, 7) is 2.25. The molecule has 0 aliphatic rings. The zero-order valence-corrected chi connectivity index (χ0v) is 17.5. The van der Waals surface area contributed by atoms with Gasteiger partial charge in [-0.3, -0.25) is 14.4 Å². The fourth-order valence-electron chi connectivity index (χ4n) is 2.38. The first kappa shape index (κ1) is 23.4. The molecule has 0 saturated carbocycles. The van der Waals surface area contributed by atoms with Crippen molar-refractivity contribution in [2.75, 3.05) is 25.6 Å². The number of nitrogens with one attached hydrogen (secondary N) is 3. The van der Waals surface area contributed by atoms with Crippen LogP contribution in [0.15, 0.2) is 53.6 Å². The standard InChI is InChI=1S/C22H26N4O5/c1-3-4-12-23-21(28)22(29)26-24-14-16-6-5-7-19(13-16)31-15-20(27)25-17-8-10-18(30-2)11-9-17/h5-11,13-14H,3-4,12,15H2,1-2H3,(H,23,28)(H,25,27)(H,26,29)/b24-14-. The quantitative estimate of drug-likeness (QED) is 0.233. The zero-order valence-electron chi connectivity index (χ0n) is 17.5. The largest absolute Gasteiger partial charge is 0.497 e. The summed E-state index contributed by atoms with van der Waals surface area (Å²) in [6, 6.07) is 13.7. The molecule has 0 radical (unpaired) electrons. The van der Waals surface area contributed by atoms with Gasteiger partial charge in [0.05, 0.1) is 13.3 Å². The van der Waals surface area contributed by atoms with Crippen LogP contribution in [-0.2, 0) is 14.4 Å². The summed E-state index contributed by atoms with van der Waals surface area (Å²) < 4.78 is 10.6. The molecule has 0 saturated heterocycles. The van der Waals surface area contributed by atoms with Crippen LogP contribution in [0, 0.1) is 0 Å². The molecule has 0 aliphatic carbocycles. The van der Waals surface area contributed by atoms with Gasteiger partial charge in [-0.05, 0) is 48.4 Å². The molecule has 0 spiro atoms. The van der Waals surface area contributed by atoms with Crippen LogP contribution in [-0.4, -0.2) is 44.2 Å². The molecule has 0 heterocycles. The summed E-state index contributed by atoms with van der Waals surface area (Å²) >= 11 is 0. The average molecular weight is 426 g/mol. The first-order valence-corrected chi connectivity index (χ1v) is 9.79. The van der Waals surface area contributed by atoms with Crippen molar-refractivity contribution < 1.29 is 23.9 Å². The lowest BCUT2D eigenvalue weighted by Gasteiger charge is -2.08. The van der Waals surface area contributed by atoms with E-state index >= 15 is 0 Å². The Morgan fingerprint density at radius 3 is 2.52 bits per heavy atom. The van der Waals surface area contributed by atoms with Crippen LogP contribution in [0.25, 0.3) is 0 Å². The van der Waals surface area contributed by atoms with Gasteiger partial charge < -0.3 is 20.1 Å². The third-order valence-electron chi connectivity index (χ3n) is 4.00. The summed E-state index contributed by atoms with van der Waals surface area (Å²) in [5.74, 6) is -0.732. The van der Waals surface area contributed by atoms with E-state index < -0.39 is 11.8 Å². The molecule has 164 valence electrons. The molecule has 0 aliphatic heterocycles. The number of rotatable bonds is 10. The minimum absolute atomic E-state index is 0.179. The number of ether oxygens (including phenoxy) is 2. The lowest BCUT2D eigenvalue weighted by Crippen LogP contribution is -2.38. The maximum Gasteiger partial charge on any atom is 0.329 e. The van der Waals surface area contributed by atoms with Gasteiger partial charge in [-0.2, -0.15) is 5.10 Å². The predicted octanol–water partition coefficient (Wildman–Crippen LogP) is 2.08. The number of benzene rings is 2. The molecule has 2 rings (SSSR count). The Morgan fingerprint density at radius 1 is 1.03 bits per heavy atom. The molecule has 3 amide bonds. The van der Waals surface area contributed by atoms with E-state index in [4.69, 9.17) is 9.47 Å². The van der Waals surface area contributed by atoms with Gasteiger partial charge in [-0.1, -0.05) is 25.5 Å². The van der Waals surface area contributed by atoms with Crippen molar-refractivity contribution in [1.82, 2.24) is 10.7 Å². The lowest BCUT2D eigenvalue weighted by molar-refractivity contribution is -0.139. The number of carbonyl (C=O) groups excluding carboxylic acids is 3. The Kier molecular flexibility index (Phi) is 9.54. The van der Waals surface area contributed by atoms with Gasteiger partial charge in [0.15, 0.2) is 6.61 Å². The Balaban J connectivity index is 1.80. The van der Waals surface area contributed by atoms with Crippen molar-refractivity contribution in [3.8, 4) is 11.5 Å². The lowest BCUT2D eigenvalue weighted by atomic mass is 10.2. The Labute approximate surface area is 180 Å². The van der Waals surface area contributed by atoms with Crippen LogP contribution in [0.1, 0.15) is 25.3 Å². The third kappa shape index (κ3) is 8.57. The molecule has 9 nitrogen and oxygen atoms in total. The van der Waals surface area contributed by atoms with Crippen molar-refractivity contribution in [2.45, 2.75) is 19.8 Å². The number of anilines is 1. The van der Waals surface area contributed by atoms with Gasteiger partial charge >= 0.3 is 11.8 Å². The van der Waals surface area contributed by atoms with Crippen molar-refractivity contribution in [3.63, 3.8) is 0 Å². The maximum atomic E-state index is 12.1.